The van der Waals surface area contributed by atoms with Crippen LogP contribution in [0.2, 0.25) is 0 Å². The van der Waals surface area contributed by atoms with Crippen molar-refractivity contribution >= 4 is 5.78 Å². The van der Waals surface area contributed by atoms with E-state index in [1.807, 2.05) is 84.9 Å². The van der Waals surface area contributed by atoms with Gasteiger partial charge in [0, 0.05) is 12.0 Å². The lowest BCUT2D eigenvalue weighted by Crippen LogP contribution is -2.44. The molecule has 0 saturated carbocycles. The maximum atomic E-state index is 12.8. The van der Waals surface area contributed by atoms with Crippen molar-refractivity contribution in [1.29, 1.82) is 0 Å². The summed E-state index contributed by atoms with van der Waals surface area (Å²) in [5.74, 6) is 1.11. The van der Waals surface area contributed by atoms with Gasteiger partial charge in [-0.1, -0.05) is 92.6 Å². The molecule has 1 aliphatic heterocycles. The summed E-state index contributed by atoms with van der Waals surface area (Å²) in [5.41, 5.74) is 1.67. The zero-order chi connectivity index (χ0) is 25.9. The summed E-state index contributed by atoms with van der Waals surface area (Å²) in [6.07, 6.45) is 6.59. The number of Topliss-reactive ketones (excluding diaryl/α,β-unsaturated/α-hetero) is 1. The molecule has 4 heteroatoms. The van der Waals surface area contributed by atoms with Crippen molar-refractivity contribution in [3.63, 3.8) is 0 Å². The summed E-state index contributed by atoms with van der Waals surface area (Å²) in [7, 11) is 0. The first kappa shape index (κ1) is 27.1. The van der Waals surface area contributed by atoms with Crippen molar-refractivity contribution in [3.05, 3.63) is 102 Å². The van der Waals surface area contributed by atoms with Crippen molar-refractivity contribution in [2.24, 2.45) is 5.92 Å². The van der Waals surface area contributed by atoms with E-state index in [4.69, 9.17) is 4.74 Å². The second-order valence-electron chi connectivity index (χ2n) is 10.2. The number of hydrogen-bond acceptors (Lipinski definition) is 4. The van der Waals surface area contributed by atoms with E-state index in [0.717, 1.165) is 74.2 Å². The largest absolute Gasteiger partial charge is 0.494 e. The van der Waals surface area contributed by atoms with Gasteiger partial charge in [-0.2, -0.15) is 0 Å². The molecule has 0 bridgehead atoms. The van der Waals surface area contributed by atoms with Gasteiger partial charge in [0.15, 0.2) is 5.78 Å². The van der Waals surface area contributed by atoms with Gasteiger partial charge in [0.25, 0.3) is 0 Å². The number of unbranched alkanes of at least 4 members (excludes halogenated alkanes) is 2. The van der Waals surface area contributed by atoms with Crippen molar-refractivity contribution in [2.45, 2.75) is 57.5 Å². The fraction of sp³-hybridized carbons (Fsp3) is 0.424. The number of benzene rings is 3. The average molecular weight is 500 g/mol. The van der Waals surface area contributed by atoms with E-state index in [0.29, 0.717) is 13.0 Å². The minimum absolute atomic E-state index is 0.148. The van der Waals surface area contributed by atoms with Crippen molar-refractivity contribution in [1.82, 2.24) is 4.90 Å². The van der Waals surface area contributed by atoms with Gasteiger partial charge in [-0.3, -0.25) is 4.79 Å². The van der Waals surface area contributed by atoms with Gasteiger partial charge < -0.3 is 14.7 Å². The SMILES string of the molecule is CCCCCOc1cccc(C(=O)CCCN2CCC(C(O)(c3ccccc3)c3ccccc3)CC2)c1. The molecule has 1 aliphatic rings. The molecule has 1 fully saturated rings. The quantitative estimate of drug-likeness (QED) is 0.206. The minimum atomic E-state index is -0.992. The smallest absolute Gasteiger partial charge is 0.163 e. The molecule has 4 nitrogen and oxygen atoms in total. The Morgan fingerprint density at radius 1 is 0.892 bits per heavy atom. The summed E-state index contributed by atoms with van der Waals surface area (Å²) in [6, 6.07) is 27.8. The molecule has 0 aromatic heterocycles. The Balaban J connectivity index is 1.28. The maximum absolute atomic E-state index is 12.8. The Morgan fingerprint density at radius 3 is 2.16 bits per heavy atom. The van der Waals surface area contributed by atoms with E-state index < -0.39 is 5.60 Å². The Morgan fingerprint density at radius 2 is 1.54 bits per heavy atom. The molecule has 1 saturated heterocycles. The first-order valence-electron chi connectivity index (χ1n) is 13.9. The Labute approximate surface area is 222 Å². The fourth-order valence-corrected chi connectivity index (χ4v) is 5.51. The van der Waals surface area contributed by atoms with E-state index in [1.165, 1.54) is 6.42 Å². The highest BCUT2D eigenvalue weighted by Gasteiger charge is 2.41. The highest BCUT2D eigenvalue weighted by atomic mass is 16.5. The second kappa shape index (κ2) is 13.6. The zero-order valence-electron chi connectivity index (χ0n) is 22.1. The van der Waals surface area contributed by atoms with E-state index >= 15 is 0 Å². The van der Waals surface area contributed by atoms with Crippen LogP contribution in [0.15, 0.2) is 84.9 Å². The third kappa shape index (κ3) is 7.09. The summed E-state index contributed by atoms with van der Waals surface area (Å²) in [5, 5.41) is 12.1. The molecule has 0 aliphatic carbocycles. The Bertz CT molecular complexity index is 1050. The molecule has 1 N–H and O–H groups in total. The van der Waals surface area contributed by atoms with Crippen LogP contribution in [0.5, 0.6) is 5.75 Å². The van der Waals surface area contributed by atoms with Gasteiger partial charge in [-0.05, 0) is 74.5 Å². The van der Waals surface area contributed by atoms with Gasteiger partial charge in [0.2, 0.25) is 0 Å². The standard InChI is InChI=1S/C33H41NO3/c1-2-3-10-25-37-31-18-11-13-27(26-31)32(35)19-12-22-34-23-20-30(21-24-34)33(36,28-14-6-4-7-15-28)29-16-8-5-9-17-29/h4-9,11,13-18,26,30,36H,2-3,10,12,19-25H2,1H3. The Hall–Kier alpha value is -2.95. The number of rotatable bonds is 13. The third-order valence-corrected chi connectivity index (χ3v) is 7.66. The molecule has 0 spiro atoms. The highest BCUT2D eigenvalue weighted by molar-refractivity contribution is 5.96. The maximum Gasteiger partial charge on any atom is 0.163 e. The first-order valence-corrected chi connectivity index (χ1v) is 13.9. The number of carbonyl (C=O) groups is 1. The minimum Gasteiger partial charge on any atom is -0.494 e. The van der Waals surface area contributed by atoms with Gasteiger partial charge >= 0.3 is 0 Å². The molecular weight excluding hydrogens is 458 g/mol. The summed E-state index contributed by atoms with van der Waals surface area (Å²) in [6.45, 7) is 5.65. The normalized spacial score (nSPS) is 15.0. The van der Waals surface area contributed by atoms with Crippen LogP contribution in [-0.2, 0) is 5.60 Å². The molecule has 196 valence electrons. The van der Waals surface area contributed by atoms with E-state index in [9.17, 15) is 9.90 Å². The number of piperidine rings is 1. The van der Waals surface area contributed by atoms with Gasteiger partial charge in [-0.25, -0.2) is 0 Å². The van der Waals surface area contributed by atoms with Crippen LogP contribution in [0, 0.1) is 5.92 Å². The predicted octanol–water partition coefficient (Wildman–Crippen LogP) is 6.87. The van der Waals surface area contributed by atoms with Crippen LogP contribution in [-0.4, -0.2) is 42.0 Å². The third-order valence-electron chi connectivity index (χ3n) is 7.66. The van der Waals surface area contributed by atoms with Crippen molar-refractivity contribution < 1.29 is 14.6 Å². The molecular formula is C33H41NO3. The van der Waals surface area contributed by atoms with E-state index in [1.54, 1.807) is 0 Å². The number of aliphatic hydroxyl groups is 1. The lowest BCUT2D eigenvalue weighted by molar-refractivity contribution is -0.0142. The van der Waals surface area contributed by atoms with Crippen LogP contribution in [0.25, 0.3) is 0 Å². The van der Waals surface area contributed by atoms with Crippen LogP contribution in [0.1, 0.15) is 73.4 Å². The lowest BCUT2D eigenvalue weighted by atomic mass is 9.72. The topological polar surface area (TPSA) is 49.8 Å². The molecule has 0 unspecified atom stereocenters. The van der Waals surface area contributed by atoms with Crippen LogP contribution in [0.3, 0.4) is 0 Å². The highest BCUT2D eigenvalue weighted by Crippen LogP contribution is 2.41. The first-order chi connectivity index (χ1) is 18.1. The molecule has 3 aromatic rings. The van der Waals surface area contributed by atoms with Crippen LogP contribution in [0.4, 0.5) is 0 Å². The average Bonchev–Trinajstić information content (AvgIpc) is 2.96. The number of carbonyl (C=O) groups excluding carboxylic acids is 1. The number of hydrogen-bond donors (Lipinski definition) is 1. The molecule has 0 atom stereocenters. The fourth-order valence-electron chi connectivity index (χ4n) is 5.51. The second-order valence-corrected chi connectivity index (χ2v) is 10.2. The van der Waals surface area contributed by atoms with Crippen LogP contribution >= 0.6 is 0 Å². The lowest BCUT2D eigenvalue weighted by Gasteiger charge is -2.42. The number of ketones is 1. The van der Waals surface area contributed by atoms with Crippen molar-refractivity contribution in [2.75, 3.05) is 26.2 Å². The molecule has 3 aromatic carbocycles. The molecule has 0 radical (unpaired) electrons. The molecule has 1 heterocycles. The van der Waals surface area contributed by atoms with Crippen LogP contribution < -0.4 is 4.74 Å². The van der Waals surface area contributed by atoms with Gasteiger partial charge in [0.1, 0.15) is 11.4 Å². The van der Waals surface area contributed by atoms with E-state index in [-0.39, 0.29) is 11.7 Å². The number of nitrogens with zero attached hydrogens (tertiary/aromatic N) is 1. The van der Waals surface area contributed by atoms with Gasteiger partial charge in [-0.15, -0.1) is 0 Å². The number of likely N-dealkylation sites (tertiary alicyclic amines) is 1. The molecule has 0 amide bonds. The molecule has 37 heavy (non-hydrogen) atoms. The monoisotopic (exact) mass is 499 g/mol. The zero-order valence-corrected chi connectivity index (χ0v) is 22.1. The summed E-state index contributed by atoms with van der Waals surface area (Å²) in [4.78, 5) is 15.2. The number of ether oxygens (including phenoxy) is 1. The predicted molar refractivity (Wildman–Crippen MR) is 150 cm³/mol. The molecule has 4 rings (SSSR count). The summed E-state index contributed by atoms with van der Waals surface area (Å²) >= 11 is 0. The van der Waals surface area contributed by atoms with Gasteiger partial charge in [0.05, 0.1) is 6.61 Å². The van der Waals surface area contributed by atoms with E-state index in [2.05, 4.69) is 11.8 Å². The summed E-state index contributed by atoms with van der Waals surface area (Å²) < 4.78 is 5.82. The van der Waals surface area contributed by atoms with Crippen molar-refractivity contribution in [3.8, 4) is 5.75 Å². The Kier molecular flexibility index (Phi) is 9.92.